The first kappa shape index (κ1) is 16.7. The molecule has 1 N–H and O–H groups in total. The zero-order chi connectivity index (χ0) is 18.6. The third-order valence-electron chi connectivity index (χ3n) is 4.41. The van der Waals surface area contributed by atoms with Crippen LogP contribution in [0.2, 0.25) is 0 Å². The Morgan fingerprint density at radius 1 is 0.926 bits per heavy atom. The number of hydrogen-bond acceptors (Lipinski definition) is 5. The van der Waals surface area contributed by atoms with Gasteiger partial charge in [0, 0.05) is 23.8 Å². The Balaban J connectivity index is 1.61. The molecule has 5 heteroatoms. The molecule has 0 aliphatic rings. The van der Waals surface area contributed by atoms with E-state index in [1.807, 2.05) is 49.5 Å². The zero-order valence-electron chi connectivity index (χ0n) is 14.8. The number of nitriles is 1. The molecule has 0 aliphatic carbocycles. The van der Waals surface area contributed by atoms with Gasteiger partial charge in [0.25, 0.3) is 0 Å². The molecule has 0 fully saturated rings. The smallest absolute Gasteiger partial charge is 0.137 e. The van der Waals surface area contributed by atoms with Gasteiger partial charge in [-0.3, -0.25) is 4.98 Å². The van der Waals surface area contributed by atoms with Crippen molar-refractivity contribution in [2.24, 2.45) is 0 Å². The summed E-state index contributed by atoms with van der Waals surface area (Å²) in [6, 6.07) is 19.9. The second-order valence-corrected chi connectivity index (χ2v) is 6.30. The Morgan fingerprint density at radius 2 is 1.74 bits per heavy atom. The molecular formula is C22H17N5. The van der Waals surface area contributed by atoms with Crippen molar-refractivity contribution in [2.75, 3.05) is 5.32 Å². The summed E-state index contributed by atoms with van der Waals surface area (Å²) in [5.74, 6) is 0.793. The predicted octanol–water partition coefficient (Wildman–Crippen LogP) is 4.48. The summed E-state index contributed by atoms with van der Waals surface area (Å²) in [6.07, 6.45) is 3.39. The highest BCUT2D eigenvalue weighted by Gasteiger charge is 2.06. The topological polar surface area (TPSA) is 74.5 Å². The number of hydrogen-bond donors (Lipinski definition) is 1. The highest BCUT2D eigenvalue weighted by molar-refractivity contribution is 5.91. The van der Waals surface area contributed by atoms with Gasteiger partial charge in [-0.05, 0) is 60.0 Å². The van der Waals surface area contributed by atoms with E-state index in [1.165, 1.54) is 0 Å². The van der Waals surface area contributed by atoms with E-state index in [0.717, 1.165) is 39.1 Å². The second-order valence-electron chi connectivity index (χ2n) is 6.30. The van der Waals surface area contributed by atoms with E-state index in [-0.39, 0.29) is 0 Å². The molecule has 0 spiro atoms. The lowest BCUT2D eigenvalue weighted by atomic mass is 10.0. The van der Waals surface area contributed by atoms with Crippen molar-refractivity contribution < 1.29 is 0 Å². The van der Waals surface area contributed by atoms with E-state index in [9.17, 15) is 0 Å². The average molecular weight is 351 g/mol. The van der Waals surface area contributed by atoms with E-state index in [2.05, 4.69) is 44.5 Å². The molecule has 27 heavy (non-hydrogen) atoms. The number of pyridine rings is 1. The highest BCUT2D eigenvalue weighted by atomic mass is 15.0. The standard InChI is InChI=1S/C22H17N5/c1-15-10-19(8-9-24-15)18-6-7-20-21(11-18)26-14-27-22(20)25-13-17-4-2-16(12-23)3-5-17/h2-11,14H,13H2,1H3,(H,25,26,27). The van der Waals surface area contributed by atoms with Gasteiger partial charge >= 0.3 is 0 Å². The number of nitrogens with zero attached hydrogens (tertiary/aromatic N) is 4. The van der Waals surface area contributed by atoms with Gasteiger partial charge in [-0.2, -0.15) is 5.26 Å². The average Bonchev–Trinajstić information content (AvgIpc) is 2.72. The van der Waals surface area contributed by atoms with Crippen LogP contribution in [0.15, 0.2) is 67.1 Å². The Morgan fingerprint density at radius 3 is 2.52 bits per heavy atom. The van der Waals surface area contributed by atoms with Gasteiger partial charge in [0.05, 0.1) is 17.1 Å². The van der Waals surface area contributed by atoms with Crippen LogP contribution in [0.1, 0.15) is 16.8 Å². The molecule has 2 aromatic carbocycles. The molecule has 2 aromatic heterocycles. The number of aromatic nitrogens is 3. The summed E-state index contributed by atoms with van der Waals surface area (Å²) in [6.45, 7) is 2.61. The van der Waals surface area contributed by atoms with Crippen LogP contribution in [0.25, 0.3) is 22.0 Å². The summed E-state index contributed by atoms with van der Waals surface area (Å²) in [4.78, 5) is 13.1. The van der Waals surface area contributed by atoms with Crippen LogP contribution in [0, 0.1) is 18.3 Å². The quantitative estimate of drug-likeness (QED) is 0.586. The summed E-state index contributed by atoms with van der Waals surface area (Å²) >= 11 is 0. The Bertz CT molecular complexity index is 1140. The summed E-state index contributed by atoms with van der Waals surface area (Å²) in [7, 11) is 0. The van der Waals surface area contributed by atoms with Crippen LogP contribution in [-0.4, -0.2) is 15.0 Å². The molecule has 0 amide bonds. The molecule has 0 unspecified atom stereocenters. The van der Waals surface area contributed by atoms with E-state index in [1.54, 1.807) is 6.33 Å². The van der Waals surface area contributed by atoms with Gasteiger partial charge in [-0.15, -0.1) is 0 Å². The van der Waals surface area contributed by atoms with Crippen molar-refractivity contribution in [1.29, 1.82) is 5.26 Å². The van der Waals surface area contributed by atoms with Crippen molar-refractivity contribution in [3.63, 3.8) is 0 Å². The highest BCUT2D eigenvalue weighted by Crippen LogP contribution is 2.26. The number of fused-ring (bicyclic) bond motifs is 1. The van der Waals surface area contributed by atoms with Gasteiger partial charge in [-0.25, -0.2) is 9.97 Å². The lowest BCUT2D eigenvalue weighted by Gasteiger charge is -2.10. The van der Waals surface area contributed by atoms with E-state index in [0.29, 0.717) is 12.1 Å². The van der Waals surface area contributed by atoms with Crippen LogP contribution >= 0.6 is 0 Å². The van der Waals surface area contributed by atoms with Crippen molar-refractivity contribution in [3.05, 3.63) is 83.9 Å². The fourth-order valence-corrected chi connectivity index (χ4v) is 2.99. The number of nitrogens with one attached hydrogen (secondary N) is 1. The SMILES string of the molecule is Cc1cc(-c2ccc3c(NCc4ccc(C#N)cc4)ncnc3c2)ccn1. The summed E-state index contributed by atoms with van der Waals surface area (Å²) in [5.41, 5.74) is 5.84. The molecular weight excluding hydrogens is 334 g/mol. The van der Waals surface area contributed by atoms with Gasteiger partial charge < -0.3 is 5.32 Å². The zero-order valence-corrected chi connectivity index (χ0v) is 14.8. The molecule has 4 rings (SSSR count). The van der Waals surface area contributed by atoms with Crippen LogP contribution in [0.4, 0.5) is 5.82 Å². The maximum Gasteiger partial charge on any atom is 0.137 e. The van der Waals surface area contributed by atoms with Crippen molar-refractivity contribution in [3.8, 4) is 17.2 Å². The molecule has 0 saturated carbocycles. The minimum atomic E-state index is 0.628. The number of aryl methyl sites for hydroxylation is 1. The lowest BCUT2D eigenvalue weighted by Crippen LogP contribution is -2.02. The Labute approximate surface area is 157 Å². The molecule has 5 nitrogen and oxygen atoms in total. The van der Waals surface area contributed by atoms with Gasteiger partial charge in [0.1, 0.15) is 12.1 Å². The third kappa shape index (κ3) is 3.60. The lowest BCUT2D eigenvalue weighted by molar-refractivity contribution is 1.10. The van der Waals surface area contributed by atoms with Gasteiger partial charge in [0.15, 0.2) is 0 Å². The van der Waals surface area contributed by atoms with E-state index < -0.39 is 0 Å². The number of rotatable bonds is 4. The Kier molecular flexibility index (Phi) is 4.46. The van der Waals surface area contributed by atoms with Gasteiger partial charge in [0.2, 0.25) is 0 Å². The predicted molar refractivity (Wildman–Crippen MR) is 106 cm³/mol. The summed E-state index contributed by atoms with van der Waals surface area (Å²) in [5, 5.41) is 13.2. The minimum absolute atomic E-state index is 0.628. The van der Waals surface area contributed by atoms with Crippen molar-refractivity contribution in [1.82, 2.24) is 15.0 Å². The normalized spacial score (nSPS) is 10.5. The van der Waals surface area contributed by atoms with Crippen molar-refractivity contribution in [2.45, 2.75) is 13.5 Å². The van der Waals surface area contributed by atoms with Crippen LogP contribution < -0.4 is 5.32 Å². The van der Waals surface area contributed by atoms with Crippen molar-refractivity contribution >= 4 is 16.7 Å². The summed E-state index contributed by atoms with van der Waals surface area (Å²) < 4.78 is 0. The van der Waals surface area contributed by atoms with Crippen LogP contribution in [0.3, 0.4) is 0 Å². The van der Waals surface area contributed by atoms with Crippen LogP contribution in [-0.2, 0) is 6.54 Å². The van der Waals surface area contributed by atoms with Crippen LogP contribution in [0.5, 0.6) is 0 Å². The minimum Gasteiger partial charge on any atom is -0.365 e. The molecule has 130 valence electrons. The molecule has 0 bridgehead atoms. The second kappa shape index (κ2) is 7.22. The molecule has 0 saturated heterocycles. The largest absolute Gasteiger partial charge is 0.365 e. The first-order valence-corrected chi connectivity index (χ1v) is 8.63. The first-order chi connectivity index (χ1) is 13.2. The molecule has 0 atom stereocenters. The fourth-order valence-electron chi connectivity index (χ4n) is 2.99. The maximum absolute atomic E-state index is 8.89. The third-order valence-corrected chi connectivity index (χ3v) is 4.41. The maximum atomic E-state index is 8.89. The molecule has 0 radical (unpaired) electrons. The fraction of sp³-hybridized carbons (Fsp3) is 0.0909. The monoisotopic (exact) mass is 351 g/mol. The number of anilines is 1. The van der Waals surface area contributed by atoms with Gasteiger partial charge in [-0.1, -0.05) is 18.2 Å². The van der Waals surface area contributed by atoms with E-state index in [4.69, 9.17) is 5.26 Å². The molecule has 4 aromatic rings. The number of benzene rings is 2. The van der Waals surface area contributed by atoms with E-state index >= 15 is 0 Å². The first-order valence-electron chi connectivity index (χ1n) is 8.63. The molecule has 2 heterocycles. The Hall–Kier alpha value is -3.78. The molecule has 0 aliphatic heterocycles.